The summed E-state index contributed by atoms with van der Waals surface area (Å²) in [6.07, 6.45) is 0. The molecule has 7 heteroatoms. The van der Waals surface area contributed by atoms with Gasteiger partial charge in [0.15, 0.2) is 0 Å². The molecule has 0 unspecified atom stereocenters. The average Bonchev–Trinajstić information content (AvgIpc) is 2.99. The molecular formula is C18H23Cl2N3OS. The third kappa shape index (κ3) is 4.94. The van der Waals surface area contributed by atoms with Crippen molar-refractivity contribution in [3.63, 3.8) is 0 Å². The van der Waals surface area contributed by atoms with Crippen LogP contribution in [0.25, 0.3) is 10.6 Å². The fourth-order valence-electron chi connectivity index (χ4n) is 2.45. The molecule has 0 atom stereocenters. The lowest BCUT2D eigenvalue weighted by Gasteiger charge is -2.22. The van der Waals surface area contributed by atoms with E-state index in [0.29, 0.717) is 21.5 Å². The molecule has 0 aliphatic carbocycles. The molecule has 1 amide bonds. The number of hydrogen-bond donors (Lipinski definition) is 0. The number of aromatic nitrogens is 1. The Bertz CT molecular complexity index is 744. The minimum atomic E-state index is 0.00784. The van der Waals surface area contributed by atoms with E-state index in [0.717, 1.165) is 35.9 Å². The Labute approximate surface area is 163 Å². The summed E-state index contributed by atoms with van der Waals surface area (Å²) in [5.74, 6) is 0.00784. The van der Waals surface area contributed by atoms with Crippen molar-refractivity contribution >= 4 is 40.4 Å². The summed E-state index contributed by atoms with van der Waals surface area (Å²) in [6.45, 7) is 9.65. The van der Waals surface area contributed by atoms with Crippen molar-refractivity contribution in [2.24, 2.45) is 0 Å². The Morgan fingerprint density at radius 2 is 1.84 bits per heavy atom. The number of amides is 1. The summed E-state index contributed by atoms with van der Waals surface area (Å²) >= 11 is 13.4. The van der Waals surface area contributed by atoms with E-state index in [1.165, 1.54) is 11.3 Å². The van der Waals surface area contributed by atoms with Gasteiger partial charge in [-0.05, 0) is 32.1 Å². The molecule has 25 heavy (non-hydrogen) atoms. The molecule has 0 saturated carbocycles. The standard InChI is InChI=1S/C18H23Cl2N3OS/c1-5-23(6-2)10-9-22(4)18(24)16-12(3)21-17(25-16)13-7-8-14(19)15(20)11-13/h7-8,11H,5-6,9-10H2,1-4H3. The van der Waals surface area contributed by atoms with Crippen LogP contribution in [0.2, 0.25) is 10.0 Å². The quantitative estimate of drug-likeness (QED) is 0.667. The number of rotatable bonds is 7. The maximum absolute atomic E-state index is 12.8. The van der Waals surface area contributed by atoms with E-state index in [4.69, 9.17) is 23.2 Å². The van der Waals surface area contributed by atoms with Gasteiger partial charge < -0.3 is 9.80 Å². The third-order valence-electron chi connectivity index (χ3n) is 4.15. The summed E-state index contributed by atoms with van der Waals surface area (Å²) in [7, 11) is 1.84. The first-order chi connectivity index (χ1) is 11.9. The monoisotopic (exact) mass is 399 g/mol. The highest BCUT2D eigenvalue weighted by Crippen LogP contribution is 2.32. The minimum absolute atomic E-state index is 0.00784. The Morgan fingerprint density at radius 3 is 2.44 bits per heavy atom. The minimum Gasteiger partial charge on any atom is -0.340 e. The van der Waals surface area contributed by atoms with Gasteiger partial charge in [-0.25, -0.2) is 4.98 Å². The predicted molar refractivity (Wildman–Crippen MR) is 107 cm³/mol. The highest BCUT2D eigenvalue weighted by atomic mass is 35.5. The van der Waals surface area contributed by atoms with Crippen LogP contribution in [0.15, 0.2) is 18.2 Å². The van der Waals surface area contributed by atoms with Crippen LogP contribution < -0.4 is 0 Å². The molecular weight excluding hydrogens is 377 g/mol. The zero-order valence-electron chi connectivity index (χ0n) is 15.0. The van der Waals surface area contributed by atoms with E-state index in [1.807, 2.05) is 20.0 Å². The number of thiazole rings is 1. The molecule has 0 spiro atoms. The number of aryl methyl sites for hydroxylation is 1. The normalized spacial score (nSPS) is 11.2. The van der Waals surface area contributed by atoms with E-state index in [9.17, 15) is 4.79 Å². The smallest absolute Gasteiger partial charge is 0.265 e. The molecule has 0 N–H and O–H groups in total. The Morgan fingerprint density at radius 1 is 1.16 bits per heavy atom. The molecule has 2 rings (SSSR count). The molecule has 1 heterocycles. The Kier molecular flexibility index (Phi) is 7.25. The van der Waals surface area contributed by atoms with Crippen LogP contribution in [0.1, 0.15) is 29.2 Å². The van der Waals surface area contributed by atoms with Gasteiger partial charge in [-0.15, -0.1) is 11.3 Å². The van der Waals surface area contributed by atoms with E-state index in [1.54, 1.807) is 17.0 Å². The number of nitrogens with zero attached hydrogens (tertiary/aromatic N) is 3. The molecule has 4 nitrogen and oxygen atoms in total. The summed E-state index contributed by atoms with van der Waals surface area (Å²) in [5, 5.41) is 1.76. The zero-order valence-corrected chi connectivity index (χ0v) is 17.3. The van der Waals surface area contributed by atoms with Gasteiger partial charge in [0.2, 0.25) is 0 Å². The average molecular weight is 400 g/mol. The van der Waals surface area contributed by atoms with Crippen LogP contribution in [0, 0.1) is 6.92 Å². The first-order valence-electron chi connectivity index (χ1n) is 8.28. The van der Waals surface area contributed by atoms with Gasteiger partial charge in [0.1, 0.15) is 9.88 Å². The van der Waals surface area contributed by atoms with Crippen molar-refractivity contribution in [2.45, 2.75) is 20.8 Å². The fourth-order valence-corrected chi connectivity index (χ4v) is 3.81. The second-order valence-corrected chi connectivity index (χ2v) is 7.63. The Hall–Kier alpha value is -1.14. The maximum atomic E-state index is 12.8. The first-order valence-corrected chi connectivity index (χ1v) is 9.85. The number of hydrogen-bond acceptors (Lipinski definition) is 4. The van der Waals surface area contributed by atoms with E-state index in [2.05, 4.69) is 23.7 Å². The molecule has 1 aromatic heterocycles. The van der Waals surface area contributed by atoms with Crippen molar-refractivity contribution in [3.8, 4) is 10.6 Å². The second kappa shape index (κ2) is 8.99. The van der Waals surface area contributed by atoms with Crippen LogP contribution in [-0.2, 0) is 0 Å². The molecule has 0 aliphatic rings. The summed E-state index contributed by atoms with van der Waals surface area (Å²) < 4.78 is 0. The topological polar surface area (TPSA) is 36.4 Å². The van der Waals surface area contributed by atoms with Gasteiger partial charge in [-0.3, -0.25) is 4.79 Å². The number of carbonyl (C=O) groups excluding carboxylic acids is 1. The number of likely N-dealkylation sites (N-methyl/N-ethyl adjacent to an activating group) is 2. The van der Waals surface area contributed by atoms with Crippen molar-refractivity contribution < 1.29 is 4.79 Å². The number of benzene rings is 1. The van der Waals surface area contributed by atoms with E-state index < -0.39 is 0 Å². The van der Waals surface area contributed by atoms with Gasteiger partial charge in [-0.1, -0.05) is 43.1 Å². The van der Waals surface area contributed by atoms with Gasteiger partial charge in [-0.2, -0.15) is 0 Å². The van der Waals surface area contributed by atoms with Crippen molar-refractivity contribution in [3.05, 3.63) is 38.8 Å². The summed E-state index contributed by atoms with van der Waals surface area (Å²) in [4.78, 5) is 22.0. The molecule has 2 aromatic rings. The predicted octanol–water partition coefficient (Wildman–Crippen LogP) is 4.84. The van der Waals surface area contributed by atoms with Gasteiger partial charge >= 0.3 is 0 Å². The lowest BCUT2D eigenvalue weighted by molar-refractivity contribution is 0.0783. The van der Waals surface area contributed by atoms with E-state index in [-0.39, 0.29) is 5.91 Å². The van der Waals surface area contributed by atoms with Crippen molar-refractivity contribution in [1.29, 1.82) is 0 Å². The lowest BCUT2D eigenvalue weighted by atomic mass is 10.2. The maximum Gasteiger partial charge on any atom is 0.265 e. The van der Waals surface area contributed by atoms with Crippen LogP contribution in [0.3, 0.4) is 0 Å². The fraction of sp³-hybridized carbons (Fsp3) is 0.444. The van der Waals surface area contributed by atoms with Gasteiger partial charge in [0.05, 0.1) is 15.7 Å². The summed E-state index contributed by atoms with van der Waals surface area (Å²) in [6, 6.07) is 5.39. The molecule has 0 bridgehead atoms. The first kappa shape index (κ1) is 20.2. The van der Waals surface area contributed by atoms with Crippen molar-refractivity contribution in [2.75, 3.05) is 33.2 Å². The largest absolute Gasteiger partial charge is 0.340 e. The number of carbonyl (C=O) groups is 1. The molecule has 1 aromatic carbocycles. The van der Waals surface area contributed by atoms with Gasteiger partial charge in [0, 0.05) is 25.7 Å². The molecule has 0 aliphatic heterocycles. The second-order valence-electron chi connectivity index (χ2n) is 5.82. The highest BCUT2D eigenvalue weighted by molar-refractivity contribution is 7.17. The van der Waals surface area contributed by atoms with Crippen molar-refractivity contribution in [1.82, 2.24) is 14.8 Å². The molecule has 0 fully saturated rings. The number of halogens is 2. The van der Waals surface area contributed by atoms with Crippen LogP contribution in [0.4, 0.5) is 0 Å². The van der Waals surface area contributed by atoms with Crippen LogP contribution in [-0.4, -0.2) is 53.9 Å². The SMILES string of the molecule is CCN(CC)CCN(C)C(=O)c1sc(-c2ccc(Cl)c(Cl)c2)nc1C. The lowest BCUT2D eigenvalue weighted by Crippen LogP contribution is -2.36. The molecule has 0 radical (unpaired) electrons. The molecule has 0 saturated heterocycles. The highest BCUT2D eigenvalue weighted by Gasteiger charge is 2.20. The van der Waals surface area contributed by atoms with E-state index >= 15 is 0 Å². The Balaban J connectivity index is 2.15. The van der Waals surface area contributed by atoms with Gasteiger partial charge in [0.25, 0.3) is 5.91 Å². The summed E-state index contributed by atoms with van der Waals surface area (Å²) in [5.41, 5.74) is 1.61. The molecule has 136 valence electrons. The van der Waals surface area contributed by atoms with Crippen LogP contribution >= 0.6 is 34.5 Å². The van der Waals surface area contributed by atoms with Crippen LogP contribution in [0.5, 0.6) is 0 Å². The zero-order chi connectivity index (χ0) is 18.6. The third-order valence-corrected chi connectivity index (χ3v) is 6.08.